The lowest BCUT2D eigenvalue weighted by atomic mass is 9.81. The zero-order valence-electron chi connectivity index (χ0n) is 26.3. The Kier molecular flexibility index (Phi) is 6.16. The molecular formula is C44H31N3. The molecule has 2 aromatic heterocycles. The fourth-order valence-corrected chi connectivity index (χ4v) is 7.35. The lowest BCUT2D eigenvalue weighted by molar-refractivity contribution is 0.661. The molecule has 0 aliphatic heterocycles. The minimum absolute atomic E-state index is 0.0331. The van der Waals surface area contributed by atoms with E-state index in [-0.39, 0.29) is 5.41 Å². The molecule has 0 saturated heterocycles. The first-order valence-corrected chi connectivity index (χ1v) is 16.1. The Morgan fingerprint density at radius 1 is 0.426 bits per heavy atom. The molecule has 0 spiro atoms. The van der Waals surface area contributed by atoms with Gasteiger partial charge in [-0.25, -0.2) is 9.97 Å². The minimum Gasteiger partial charge on any atom is -0.265 e. The van der Waals surface area contributed by atoms with E-state index in [1.165, 1.54) is 43.8 Å². The number of aromatic nitrogens is 3. The Labute approximate surface area is 274 Å². The SMILES string of the molecule is CC1(C)c2ccccc2-c2cc3c(ccc4ccc(-c5cc(-c6ccccc6-c6ccncc6)nc(-c6ccccc6)n5)cc43)cc21. The van der Waals surface area contributed by atoms with Crippen LogP contribution in [-0.4, -0.2) is 15.0 Å². The lowest BCUT2D eigenvalue weighted by Gasteiger charge is -2.21. The number of hydrogen-bond donors (Lipinski definition) is 0. The van der Waals surface area contributed by atoms with Gasteiger partial charge in [0.1, 0.15) is 0 Å². The van der Waals surface area contributed by atoms with E-state index in [0.717, 1.165) is 39.2 Å². The first-order chi connectivity index (χ1) is 23.0. The average molecular weight is 602 g/mol. The summed E-state index contributed by atoms with van der Waals surface area (Å²) in [6.45, 7) is 4.68. The highest BCUT2D eigenvalue weighted by Crippen LogP contribution is 2.50. The Balaban J connectivity index is 1.26. The third kappa shape index (κ3) is 4.46. The summed E-state index contributed by atoms with van der Waals surface area (Å²) in [5.74, 6) is 0.706. The van der Waals surface area contributed by atoms with E-state index in [1.807, 2.05) is 42.7 Å². The monoisotopic (exact) mass is 601 g/mol. The number of pyridine rings is 1. The maximum absolute atomic E-state index is 5.17. The lowest BCUT2D eigenvalue weighted by Crippen LogP contribution is -2.14. The van der Waals surface area contributed by atoms with E-state index in [2.05, 4.69) is 128 Å². The summed E-state index contributed by atoms with van der Waals surface area (Å²) in [6, 6.07) is 49.8. The van der Waals surface area contributed by atoms with Gasteiger partial charge >= 0.3 is 0 Å². The molecule has 0 bridgehead atoms. The Hall–Kier alpha value is -5.93. The van der Waals surface area contributed by atoms with Crippen LogP contribution in [0.15, 0.2) is 152 Å². The molecule has 9 rings (SSSR count). The van der Waals surface area contributed by atoms with Crippen LogP contribution in [0.4, 0.5) is 0 Å². The molecule has 1 aliphatic carbocycles. The molecule has 8 aromatic rings. The van der Waals surface area contributed by atoms with Gasteiger partial charge in [-0.1, -0.05) is 117 Å². The molecule has 0 amide bonds. The van der Waals surface area contributed by atoms with Gasteiger partial charge in [0.2, 0.25) is 0 Å². The van der Waals surface area contributed by atoms with E-state index in [9.17, 15) is 0 Å². The van der Waals surface area contributed by atoms with Gasteiger partial charge in [0.05, 0.1) is 11.4 Å². The molecule has 1 aliphatic rings. The van der Waals surface area contributed by atoms with Crippen molar-refractivity contribution in [1.82, 2.24) is 15.0 Å². The van der Waals surface area contributed by atoms with Gasteiger partial charge in [0.25, 0.3) is 0 Å². The molecule has 0 unspecified atom stereocenters. The van der Waals surface area contributed by atoms with Crippen molar-refractivity contribution in [1.29, 1.82) is 0 Å². The van der Waals surface area contributed by atoms with Crippen LogP contribution in [-0.2, 0) is 5.41 Å². The van der Waals surface area contributed by atoms with Crippen LogP contribution in [0.1, 0.15) is 25.0 Å². The van der Waals surface area contributed by atoms with Crippen molar-refractivity contribution >= 4 is 21.5 Å². The second-order valence-electron chi connectivity index (χ2n) is 12.9. The highest BCUT2D eigenvalue weighted by molar-refractivity contribution is 6.11. The first kappa shape index (κ1) is 27.4. The van der Waals surface area contributed by atoms with Gasteiger partial charge in [0.15, 0.2) is 5.82 Å². The summed E-state index contributed by atoms with van der Waals surface area (Å²) in [7, 11) is 0. The molecule has 3 nitrogen and oxygen atoms in total. The van der Waals surface area contributed by atoms with Crippen molar-refractivity contribution in [2.75, 3.05) is 0 Å². The first-order valence-electron chi connectivity index (χ1n) is 16.1. The summed E-state index contributed by atoms with van der Waals surface area (Å²) in [5.41, 5.74) is 12.5. The summed E-state index contributed by atoms with van der Waals surface area (Å²) < 4.78 is 0. The number of hydrogen-bond acceptors (Lipinski definition) is 3. The molecular weight excluding hydrogens is 571 g/mol. The molecule has 3 heteroatoms. The molecule has 0 N–H and O–H groups in total. The van der Waals surface area contributed by atoms with Gasteiger partial charge in [-0.3, -0.25) is 4.98 Å². The second kappa shape index (κ2) is 10.6. The Morgan fingerprint density at radius 3 is 1.91 bits per heavy atom. The van der Waals surface area contributed by atoms with Crippen molar-refractivity contribution in [2.24, 2.45) is 0 Å². The van der Waals surface area contributed by atoms with Crippen LogP contribution in [0.25, 0.3) is 77.7 Å². The zero-order chi connectivity index (χ0) is 31.5. The largest absolute Gasteiger partial charge is 0.265 e. The van der Waals surface area contributed by atoms with Crippen molar-refractivity contribution in [3.05, 3.63) is 163 Å². The zero-order valence-corrected chi connectivity index (χ0v) is 26.3. The maximum atomic E-state index is 5.17. The molecule has 6 aromatic carbocycles. The standard InChI is InChI=1S/C44H31N3/c1-44(2)39-15-9-8-13-34(39)38-26-37-31(25-40(38)44)18-16-28-17-19-32(24-36(28)37)41-27-42(47-43(46-41)30-10-4-3-5-11-30)35-14-7-6-12-33(35)29-20-22-45-23-21-29/h3-27H,1-2H3. The van der Waals surface area contributed by atoms with Crippen molar-refractivity contribution in [3.8, 4) is 56.2 Å². The van der Waals surface area contributed by atoms with Crippen LogP contribution in [0.2, 0.25) is 0 Å². The van der Waals surface area contributed by atoms with Gasteiger partial charge < -0.3 is 0 Å². The molecule has 0 saturated carbocycles. The molecule has 0 fully saturated rings. The van der Waals surface area contributed by atoms with E-state index >= 15 is 0 Å². The fraction of sp³-hybridized carbons (Fsp3) is 0.0682. The fourth-order valence-electron chi connectivity index (χ4n) is 7.35. The summed E-state index contributed by atoms with van der Waals surface area (Å²) in [4.78, 5) is 14.6. The van der Waals surface area contributed by atoms with Crippen molar-refractivity contribution in [2.45, 2.75) is 19.3 Å². The smallest absolute Gasteiger partial charge is 0.160 e. The van der Waals surface area contributed by atoms with Crippen LogP contribution >= 0.6 is 0 Å². The third-order valence-electron chi connectivity index (χ3n) is 9.79. The van der Waals surface area contributed by atoms with Crippen molar-refractivity contribution in [3.63, 3.8) is 0 Å². The van der Waals surface area contributed by atoms with Crippen LogP contribution in [0.3, 0.4) is 0 Å². The minimum atomic E-state index is -0.0331. The average Bonchev–Trinajstić information content (AvgIpc) is 3.36. The topological polar surface area (TPSA) is 38.7 Å². The Bertz CT molecular complexity index is 2480. The number of rotatable bonds is 4. The number of nitrogens with zero attached hydrogens (tertiary/aromatic N) is 3. The van der Waals surface area contributed by atoms with E-state index in [4.69, 9.17) is 9.97 Å². The highest BCUT2D eigenvalue weighted by Gasteiger charge is 2.35. The van der Waals surface area contributed by atoms with Gasteiger partial charge in [0, 0.05) is 34.5 Å². The number of benzene rings is 6. The van der Waals surface area contributed by atoms with Gasteiger partial charge in [-0.15, -0.1) is 0 Å². The number of fused-ring (bicyclic) bond motifs is 6. The van der Waals surface area contributed by atoms with Crippen LogP contribution in [0, 0.1) is 0 Å². The van der Waals surface area contributed by atoms with Gasteiger partial charge in [-0.05, 0) is 91.3 Å². The van der Waals surface area contributed by atoms with Crippen molar-refractivity contribution < 1.29 is 0 Å². The van der Waals surface area contributed by atoms with Crippen LogP contribution in [0.5, 0.6) is 0 Å². The molecule has 47 heavy (non-hydrogen) atoms. The quantitative estimate of drug-likeness (QED) is 0.188. The molecule has 222 valence electrons. The summed E-state index contributed by atoms with van der Waals surface area (Å²) in [5, 5.41) is 4.96. The maximum Gasteiger partial charge on any atom is 0.160 e. The predicted molar refractivity (Wildman–Crippen MR) is 194 cm³/mol. The summed E-state index contributed by atoms with van der Waals surface area (Å²) in [6.07, 6.45) is 3.67. The van der Waals surface area contributed by atoms with Crippen LogP contribution < -0.4 is 0 Å². The van der Waals surface area contributed by atoms with E-state index in [0.29, 0.717) is 5.82 Å². The highest BCUT2D eigenvalue weighted by atomic mass is 14.9. The second-order valence-corrected chi connectivity index (χ2v) is 12.9. The normalized spacial score (nSPS) is 13.1. The summed E-state index contributed by atoms with van der Waals surface area (Å²) >= 11 is 0. The molecule has 0 atom stereocenters. The molecule has 2 heterocycles. The van der Waals surface area contributed by atoms with Gasteiger partial charge in [-0.2, -0.15) is 0 Å². The van der Waals surface area contributed by atoms with E-state index in [1.54, 1.807) is 0 Å². The molecule has 0 radical (unpaired) electrons. The predicted octanol–water partition coefficient (Wildman–Crippen LogP) is 11.2. The third-order valence-corrected chi connectivity index (χ3v) is 9.79. The van der Waals surface area contributed by atoms with E-state index < -0.39 is 0 Å². The Morgan fingerprint density at radius 2 is 1.09 bits per heavy atom.